The fourth-order valence-electron chi connectivity index (χ4n) is 5.18. The van der Waals surface area contributed by atoms with Gasteiger partial charge in [-0.15, -0.1) is 0 Å². The maximum absolute atomic E-state index is 13.5. The number of carbonyl (C=O) groups is 6. The molecule has 1 N–H and O–H groups in total. The molecule has 0 spiro atoms. The number of imide groups is 1. The zero-order valence-electron chi connectivity index (χ0n) is 24.8. The zero-order chi connectivity index (χ0) is 30.6. The third-order valence-corrected chi connectivity index (χ3v) is 7.18. The first-order chi connectivity index (χ1) is 19.1. The van der Waals surface area contributed by atoms with Gasteiger partial charge in [0, 0.05) is 50.5 Å². The van der Waals surface area contributed by atoms with Gasteiger partial charge in [-0.3, -0.25) is 33.8 Å². The number of Topliss-reactive ketones (excluding diaryl/α,β-unsaturated/α-hetero) is 1. The molecule has 3 heterocycles. The Morgan fingerprint density at radius 3 is 2.32 bits per heavy atom. The molecule has 1 unspecified atom stereocenters. The van der Waals surface area contributed by atoms with Crippen molar-refractivity contribution in [3.63, 3.8) is 0 Å². The van der Waals surface area contributed by atoms with E-state index in [0.29, 0.717) is 26.1 Å². The van der Waals surface area contributed by atoms with Gasteiger partial charge in [0.25, 0.3) is 11.8 Å². The normalized spacial score (nSPS) is 22.5. The van der Waals surface area contributed by atoms with Crippen molar-refractivity contribution in [2.45, 2.75) is 84.7 Å². The van der Waals surface area contributed by atoms with Crippen LogP contribution in [-0.2, 0) is 33.4 Å². The van der Waals surface area contributed by atoms with Crippen LogP contribution in [0.5, 0.6) is 0 Å². The van der Waals surface area contributed by atoms with Crippen LogP contribution in [0.4, 0.5) is 4.79 Å². The smallest absolute Gasteiger partial charge is 0.410 e. The molecule has 0 bridgehead atoms. The van der Waals surface area contributed by atoms with Gasteiger partial charge in [-0.25, -0.2) is 4.79 Å². The number of hydrogen-bond acceptors (Lipinski definition) is 8. The lowest BCUT2D eigenvalue weighted by molar-refractivity contribution is -0.145. The molecule has 3 rings (SSSR count). The summed E-state index contributed by atoms with van der Waals surface area (Å²) >= 11 is 0. The zero-order valence-corrected chi connectivity index (χ0v) is 24.8. The number of ether oxygens (including phenoxy) is 2. The van der Waals surface area contributed by atoms with E-state index in [4.69, 9.17) is 9.47 Å². The number of carbonyl (C=O) groups excluding carboxylic acids is 6. The predicted octanol–water partition coefficient (Wildman–Crippen LogP) is 1.79. The highest BCUT2D eigenvalue weighted by Crippen LogP contribution is 2.31. The van der Waals surface area contributed by atoms with E-state index in [1.165, 1.54) is 0 Å². The lowest BCUT2D eigenvalue weighted by Gasteiger charge is -2.35. The molecule has 3 aliphatic heterocycles. The van der Waals surface area contributed by atoms with Crippen molar-refractivity contribution in [2.24, 2.45) is 11.8 Å². The number of nitrogens with zero attached hydrogens (tertiary/aromatic N) is 3. The molecule has 3 aliphatic rings. The molecule has 0 aromatic heterocycles. The summed E-state index contributed by atoms with van der Waals surface area (Å²) in [6, 6.07) is -1.30. The van der Waals surface area contributed by atoms with Crippen LogP contribution in [0.3, 0.4) is 0 Å². The van der Waals surface area contributed by atoms with Crippen LogP contribution in [0.15, 0.2) is 24.3 Å². The molecule has 226 valence electrons. The third kappa shape index (κ3) is 8.02. The minimum absolute atomic E-state index is 0.0886. The number of likely N-dealkylation sites (tertiary alicyclic amines) is 1. The second-order valence-electron chi connectivity index (χ2n) is 12.2. The second kappa shape index (κ2) is 13.0. The minimum Gasteiger partial charge on any atom is -0.444 e. The van der Waals surface area contributed by atoms with Crippen molar-refractivity contribution >= 4 is 35.5 Å². The molecular weight excluding hydrogens is 532 g/mol. The van der Waals surface area contributed by atoms with Gasteiger partial charge in [0.15, 0.2) is 12.0 Å². The van der Waals surface area contributed by atoms with Crippen LogP contribution in [0.1, 0.15) is 60.8 Å². The quantitative estimate of drug-likeness (QED) is 0.307. The van der Waals surface area contributed by atoms with Crippen molar-refractivity contribution in [1.82, 2.24) is 20.0 Å². The molecule has 0 aromatic carbocycles. The van der Waals surface area contributed by atoms with Crippen LogP contribution in [0.25, 0.3) is 0 Å². The van der Waals surface area contributed by atoms with Crippen molar-refractivity contribution in [2.75, 3.05) is 26.2 Å². The van der Waals surface area contributed by atoms with Gasteiger partial charge in [0.1, 0.15) is 5.60 Å². The van der Waals surface area contributed by atoms with Gasteiger partial charge < -0.3 is 19.7 Å². The molecule has 0 saturated carbocycles. The lowest BCUT2D eigenvalue weighted by Crippen LogP contribution is -2.53. The Morgan fingerprint density at radius 1 is 1.10 bits per heavy atom. The maximum atomic E-state index is 13.5. The van der Waals surface area contributed by atoms with E-state index >= 15 is 0 Å². The van der Waals surface area contributed by atoms with E-state index < -0.39 is 53.6 Å². The molecule has 2 saturated heterocycles. The van der Waals surface area contributed by atoms with Crippen molar-refractivity contribution < 1.29 is 38.2 Å². The maximum Gasteiger partial charge on any atom is 0.410 e. The van der Waals surface area contributed by atoms with E-state index in [1.54, 1.807) is 51.3 Å². The van der Waals surface area contributed by atoms with Gasteiger partial charge >= 0.3 is 6.09 Å². The Labute approximate surface area is 241 Å². The van der Waals surface area contributed by atoms with Crippen LogP contribution in [0, 0.1) is 11.8 Å². The van der Waals surface area contributed by atoms with Gasteiger partial charge in [0.05, 0.1) is 18.7 Å². The monoisotopic (exact) mass is 574 g/mol. The summed E-state index contributed by atoms with van der Waals surface area (Å²) in [5.74, 6) is -2.96. The van der Waals surface area contributed by atoms with Crippen LogP contribution < -0.4 is 5.32 Å². The molecule has 4 atom stereocenters. The van der Waals surface area contributed by atoms with Gasteiger partial charge in [-0.05, 0) is 33.1 Å². The predicted molar refractivity (Wildman–Crippen MR) is 148 cm³/mol. The van der Waals surface area contributed by atoms with Gasteiger partial charge in [0.2, 0.25) is 11.8 Å². The van der Waals surface area contributed by atoms with Gasteiger partial charge in [-0.2, -0.15) is 0 Å². The lowest BCUT2D eigenvalue weighted by atomic mass is 9.92. The number of hydrogen-bond donors (Lipinski definition) is 1. The van der Waals surface area contributed by atoms with E-state index in [0.717, 1.165) is 22.6 Å². The molecule has 2 fully saturated rings. The van der Waals surface area contributed by atoms with Crippen LogP contribution in [-0.4, -0.2) is 100 Å². The Morgan fingerprint density at radius 2 is 1.73 bits per heavy atom. The first-order valence-corrected chi connectivity index (χ1v) is 14.0. The van der Waals surface area contributed by atoms with Gasteiger partial charge in [-0.1, -0.05) is 32.9 Å². The van der Waals surface area contributed by atoms with E-state index in [2.05, 4.69) is 11.9 Å². The summed E-state index contributed by atoms with van der Waals surface area (Å²) in [4.78, 5) is 79.8. The Bertz CT molecular complexity index is 1110. The summed E-state index contributed by atoms with van der Waals surface area (Å²) in [5, 5.41) is 2.70. The number of amides is 5. The molecule has 41 heavy (non-hydrogen) atoms. The summed E-state index contributed by atoms with van der Waals surface area (Å²) < 4.78 is 11.5. The molecule has 0 aliphatic carbocycles. The van der Waals surface area contributed by atoms with E-state index in [-0.39, 0.29) is 37.0 Å². The summed E-state index contributed by atoms with van der Waals surface area (Å²) in [6.45, 7) is 15.4. The molecule has 5 amide bonds. The minimum atomic E-state index is -0.840. The highest BCUT2D eigenvalue weighted by Gasteiger charge is 2.46. The molecule has 12 nitrogen and oxygen atoms in total. The fraction of sp³-hybridized carbons (Fsp3) is 0.655. The average molecular weight is 575 g/mol. The summed E-state index contributed by atoms with van der Waals surface area (Å²) in [7, 11) is 0. The molecule has 0 aromatic rings. The number of ketones is 1. The van der Waals surface area contributed by atoms with Crippen molar-refractivity contribution in [3.8, 4) is 0 Å². The Kier molecular flexibility index (Phi) is 10.1. The van der Waals surface area contributed by atoms with Crippen molar-refractivity contribution in [1.29, 1.82) is 0 Å². The Hall–Kier alpha value is -3.54. The molecular formula is C29H42N4O8. The summed E-state index contributed by atoms with van der Waals surface area (Å²) in [5.41, 5.74) is 0.145. The standard InChI is InChI=1S/C29H42N4O8/c1-17(2)25(30-22(35)10-11-31-23(36)8-9-24(31)37)21(34)15-19(4)26(38)32-12-13-40-27(32)20-14-18(3)16-33(20)28(39)41-29(5,6)7/h8-9,17,19-20,25,27H,3,10-16H2,1-2,4-7H3,(H,30,35)/t19-,20+,25+,27?/m1/s1. The highest BCUT2D eigenvalue weighted by atomic mass is 16.6. The first kappa shape index (κ1) is 32.0. The number of rotatable bonds is 10. The van der Waals surface area contributed by atoms with Crippen molar-refractivity contribution in [3.05, 3.63) is 24.3 Å². The highest BCUT2D eigenvalue weighted by molar-refractivity contribution is 6.13. The average Bonchev–Trinajstić information content (AvgIpc) is 3.58. The van der Waals surface area contributed by atoms with E-state index in [9.17, 15) is 28.8 Å². The summed E-state index contributed by atoms with van der Waals surface area (Å²) in [6.07, 6.45) is 1.31. The van der Waals surface area contributed by atoms with Crippen LogP contribution >= 0.6 is 0 Å². The second-order valence-corrected chi connectivity index (χ2v) is 12.2. The first-order valence-electron chi connectivity index (χ1n) is 14.0. The molecule has 12 heteroatoms. The van der Waals surface area contributed by atoms with E-state index in [1.807, 2.05) is 0 Å². The Balaban J connectivity index is 1.61. The molecule has 0 radical (unpaired) electrons. The van der Waals surface area contributed by atoms with Crippen LogP contribution in [0.2, 0.25) is 0 Å². The fourth-order valence-corrected chi connectivity index (χ4v) is 5.18. The third-order valence-electron chi connectivity index (χ3n) is 7.18. The SMILES string of the molecule is C=C1C[C@@H](C2OCCN2C(=O)[C@H](C)CC(=O)[C@@H](NC(=O)CCN2C(=O)C=CC2=O)C(C)C)N(C(=O)OC(C)(C)C)C1. The number of nitrogens with one attached hydrogen (secondary N) is 1. The largest absolute Gasteiger partial charge is 0.444 e. The topological polar surface area (TPSA) is 143 Å².